The predicted octanol–water partition coefficient (Wildman–Crippen LogP) is -2.61. The van der Waals surface area contributed by atoms with Gasteiger partial charge in [0.1, 0.15) is 6.04 Å². The van der Waals surface area contributed by atoms with Crippen molar-refractivity contribution in [3.05, 3.63) is 0 Å². The van der Waals surface area contributed by atoms with Crippen molar-refractivity contribution in [3.63, 3.8) is 0 Å². The van der Waals surface area contributed by atoms with Gasteiger partial charge in [0.15, 0.2) is 0 Å². The Bertz CT molecular complexity index is 383. The minimum Gasteiger partial charge on any atom is -0.468 e. The first-order valence-electron chi connectivity index (χ1n) is 6.68. The lowest BCUT2D eigenvalue weighted by molar-refractivity contribution is -0.143. The Morgan fingerprint density at radius 2 is 2.00 bits per heavy atom. The second-order valence-electron chi connectivity index (χ2n) is 4.92. The van der Waals surface area contributed by atoms with Crippen LogP contribution in [0.1, 0.15) is 0 Å². The van der Waals surface area contributed by atoms with Crippen molar-refractivity contribution in [1.29, 1.82) is 0 Å². The van der Waals surface area contributed by atoms with Crippen LogP contribution in [0.25, 0.3) is 0 Å². The molecule has 0 spiro atoms. The molecule has 0 radical (unpaired) electrons. The van der Waals surface area contributed by atoms with Gasteiger partial charge in [-0.05, 0) is 0 Å². The topological polar surface area (TPSA) is 91.0 Å². The second-order valence-corrected chi connectivity index (χ2v) is 4.92. The summed E-state index contributed by atoms with van der Waals surface area (Å²) in [6.45, 7) is 3.25. The number of ether oxygens (including phenoxy) is 1. The van der Waals surface area contributed by atoms with Gasteiger partial charge >= 0.3 is 5.97 Å². The molecule has 2 amide bonds. The molecular formula is C12H20N4O4. The van der Waals surface area contributed by atoms with E-state index in [2.05, 4.69) is 15.4 Å². The van der Waals surface area contributed by atoms with Gasteiger partial charge in [0.2, 0.25) is 11.8 Å². The maximum absolute atomic E-state index is 12.2. The van der Waals surface area contributed by atoms with Crippen LogP contribution in [0.4, 0.5) is 0 Å². The highest BCUT2D eigenvalue weighted by molar-refractivity contribution is 5.86. The first-order chi connectivity index (χ1) is 9.60. The fourth-order valence-electron chi connectivity index (χ4n) is 2.33. The van der Waals surface area contributed by atoms with E-state index in [9.17, 15) is 14.4 Å². The van der Waals surface area contributed by atoms with Crippen LogP contribution >= 0.6 is 0 Å². The second kappa shape index (κ2) is 6.67. The maximum Gasteiger partial charge on any atom is 0.319 e. The van der Waals surface area contributed by atoms with Gasteiger partial charge in [-0.1, -0.05) is 0 Å². The van der Waals surface area contributed by atoms with Crippen molar-refractivity contribution < 1.29 is 19.1 Å². The maximum atomic E-state index is 12.2. The molecule has 2 saturated heterocycles. The number of carbonyl (C=O) groups excluding carboxylic acids is 3. The van der Waals surface area contributed by atoms with Gasteiger partial charge in [-0.2, -0.15) is 0 Å². The van der Waals surface area contributed by atoms with Crippen LogP contribution in [0.5, 0.6) is 0 Å². The summed E-state index contributed by atoms with van der Waals surface area (Å²) in [4.78, 5) is 38.2. The Hall–Kier alpha value is -1.67. The molecule has 2 fully saturated rings. The summed E-state index contributed by atoms with van der Waals surface area (Å²) in [5.41, 5.74) is 0. The van der Waals surface area contributed by atoms with Gasteiger partial charge in [-0.15, -0.1) is 0 Å². The SMILES string of the molecule is COC(=O)CN1CCN(C(=O)C2CNC(=O)CN2)CC1. The van der Waals surface area contributed by atoms with Crippen LogP contribution in [0.15, 0.2) is 0 Å². The Kier molecular flexibility index (Phi) is 4.91. The summed E-state index contributed by atoms with van der Waals surface area (Å²) in [5, 5.41) is 5.60. The highest BCUT2D eigenvalue weighted by atomic mass is 16.5. The number of nitrogens with one attached hydrogen (secondary N) is 2. The molecule has 0 bridgehead atoms. The number of methoxy groups -OCH3 is 1. The lowest BCUT2D eigenvalue weighted by Crippen LogP contribution is -2.61. The summed E-state index contributed by atoms with van der Waals surface area (Å²) < 4.78 is 4.62. The zero-order valence-electron chi connectivity index (χ0n) is 11.6. The van der Waals surface area contributed by atoms with Gasteiger partial charge < -0.3 is 15.0 Å². The van der Waals surface area contributed by atoms with Crippen molar-refractivity contribution in [1.82, 2.24) is 20.4 Å². The molecule has 1 atom stereocenters. The van der Waals surface area contributed by atoms with Crippen molar-refractivity contribution in [2.75, 3.05) is 52.9 Å². The Morgan fingerprint density at radius 1 is 1.30 bits per heavy atom. The van der Waals surface area contributed by atoms with Crippen LogP contribution in [-0.4, -0.2) is 86.5 Å². The number of esters is 1. The summed E-state index contributed by atoms with van der Waals surface area (Å²) in [6.07, 6.45) is 0. The lowest BCUT2D eigenvalue weighted by Gasteiger charge is -2.36. The quantitative estimate of drug-likeness (QED) is 0.552. The smallest absolute Gasteiger partial charge is 0.319 e. The van der Waals surface area contributed by atoms with Gasteiger partial charge in [-0.3, -0.25) is 24.6 Å². The highest BCUT2D eigenvalue weighted by Crippen LogP contribution is 2.05. The molecule has 2 N–H and O–H groups in total. The summed E-state index contributed by atoms with van der Waals surface area (Å²) in [7, 11) is 1.37. The number of nitrogens with zero attached hydrogens (tertiary/aromatic N) is 2. The van der Waals surface area contributed by atoms with Crippen LogP contribution in [0.2, 0.25) is 0 Å². The number of hydrogen-bond acceptors (Lipinski definition) is 6. The molecule has 112 valence electrons. The minimum absolute atomic E-state index is 0.00252. The third-order valence-electron chi connectivity index (χ3n) is 3.57. The van der Waals surface area contributed by atoms with E-state index in [0.717, 1.165) is 0 Å². The van der Waals surface area contributed by atoms with Crippen LogP contribution in [-0.2, 0) is 19.1 Å². The van der Waals surface area contributed by atoms with E-state index >= 15 is 0 Å². The fourth-order valence-corrected chi connectivity index (χ4v) is 2.33. The largest absolute Gasteiger partial charge is 0.468 e. The Labute approximate surface area is 117 Å². The van der Waals surface area contributed by atoms with Crippen molar-refractivity contribution in [3.8, 4) is 0 Å². The van der Waals surface area contributed by atoms with Crippen LogP contribution < -0.4 is 10.6 Å². The van der Waals surface area contributed by atoms with E-state index in [1.165, 1.54) is 7.11 Å². The average Bonchev–Trinajstić information content (AvgIpc) is 2.48. The number of carbonyl (C=O) groups is 3. The van der Waals surface area contributed by atoms with Crippen LogP contribution in [0, 0.1) is 0 Å². The lowest BCUT2D eigenvalue weighted by atomic mass is 10.2. The van der Waals surface area contributed by atoms with E-state index in [1.54, 1.807) is 4.90 Å². The summed E-state index contributed by atoms with van der Waals surface area (Å²) in [5.74, 6) is -0.346. The molecular weight excluding hydrogens is 264 g/mol. The van der Waals surface area contributed by atoms with Crippen molar-refractivity contribution in [2.24, 2.45) is 0 Å². The molecule has 8 nitrogen and oxygen atoms in total. The minimum atomic E-state index is -0.347. The molecule has 0 aliphatic carbocycles. The summed E-state index contributed by atoms with van der Waals surface area (Å²) >= 11 is 0. The number of amides is 2. The number of rotatable bonds is 3. The van der Waals surface area contributed by atoms with Gasteiger partial charge in [0, 0.05) is 32.7 Å². The number of piperazine rings is 2. The fraction of sp³-hybridized carbons (Fsp3) is 0.750. The van der Waals surface area contributed by atoms with Gasteiger partial charge in [-0.25, -0.2) is 0 Å². The standard InChI is InChI=1S/C12H20N4O4/c1-20-11(18)8-15-2-4-16(5-3-15)12(19)9-6-14-10(17)7-13-9/h9,13H,2-8H2,1H3,(H,14,17). The third-order valence-corrected chi connectivity index (χ3v) is 3.57. The zero-order chi connectivity index (χ0) is 14.5. The zero-order valence-corrected chi connectivity index (χ0v) is 11.6. The molecule has 20 heavy (non-hydrogen) atoms. The Balaban J connectivity index is 1.77. The molecule has 2 aliphatic heterocycles. The van der Waals surface area contributed by atoms with Crippen LogP contribution in [0.3, 0.4) is 0 Å². The predicted molar refractivity (Wildman–Crippen MR) is 69.8 cm³/mol. The molecule has 0 aromatic rings. The van der Waals surface area contributed by atoms with Gasteiger partial charge in [0.25, 0.3) is 0 Å². The first-order valence-corrected chi connectivity index (χ1v) is 6.68. The molecule has 2 aliphatic rings. The number of hydrogen-bond donors (Lipinski definition) is 2. The molecule has 0 aromatic carbocycles. The van der Waals surface area contributed by atoms with E-state index in [1.807, 2.05) is 4.90 Å². The van der Waals surface area contributed by atoms with E-state index in [0.29, 0.717) is 32.7 Å². The molecule has 0 aromatic heterocycles. The van der Waals surface area contributed by atoms with Gasteiger partial charge in [0.05, 0.1) is 20.2 Å². The first kappa shape index (κ1) is 14.7. The van der Waals surface area contributed by atoms with E-state index < -0.39 is 0 Å². The summed E-state index contributed by atoms with van der Waals surface area (Å²) in [6, 6.07) is -0.347. The van der Waals surface area contributed by atoms with Crippen molar-refractivity contribution in [2.45, 2.75) is 6.04 Å². The van der Waals surface area contributed by atoms with E-state index in [-0.39, 0.29) is 36.9 Å². The molecule has 1 unspecified atom stereocenters. The van der Waals surface area contributed by atoms with Crippen molar-refractivity contribution >= 4 is 17.8 Å². The normalized spacial score (nSPS) is 24.1. The highest BCUT2D eigenvalue weighted by Gasteiger charge is 2.30. The molecule has 2 heterocycles. The molecule has 2 rings (SSSR count). The molecule has 8 heteroatoms. The third kappa shape index (κ3) is 3.67. The monoisotopic (exact) mass is 284 g/mol. The molecule has 0 saturated carbocycles. The Morgan fingerprint density at radius 3 is 2.55 bits per heavy atom. The average molecular weight is 284 g/mol. The van der Waals surface area contributed by atoms with E-state index in [4.69, 9.17) is 0 Å².